The average Bonchev–Trinajstić information content (AvgIpc) is 3.22. The Labute approximate surface area is 223 Å². The predicted molar refractivity (Wildman–Crippen MR) is 149 cm³/mol. The summed E-state index contributed by atoms with van der Waals surface area (Å²) in [4.78, 5) is 31.5. The molecule has 0 radical (unpaired) electrons. The first-order chi connectivity index (χ1) is 17.3. The number of rotatable bonds is 7. The number of halogens is 1. The van der Waals surface area contributed by atoms with E-state index >= 15 is 0 Å². The van der Waals surface area contributed by atoms with E-state index in [4.69, 9.17) is 21.1 Å². The van der Waals surface area contributed by atoms with Gasteiger partial charge in [-0.3, -0.25) is 10.2 Å². The number of anilines is 2. The fourth-order valence-corrected chi connectivity index (χ4v) is 5.94. The van der Waals surface area contributed by atoms with Crippen molar-refractivity contribution < 1.29 is 19.1 Å². The van der Waals surface area contributed by atoms with Crippen molar-refractivity contribution in [2.45, 2.75) is 37.3 Å². The number of carbonyl (C=O) groups excluding carboxylic acids is 2. The minimum Gasteiger partial charge on any atom is -0.448 e. The molecule has 0 bridgehead atoms. The number of fused-ring (bicyclic) bond motifs is 3. The highest BCUT2D eigenvalue weighted by Gasteiger charge is 2.36. The van der Waals surface area contributed by atoms with Gasteiger partial charge in [-0.15, -0.1) is 11.6 Å². The van der Waals surface area contributed by atoms with Crippen molar-refractivity contribution in [2.75, 3.05) is 35.0 Å². The van der Waals surface area contributed by atoms with Gasteiger partial charge in [-0.05, 0) is 60.7 Å². The number of nitrogens with zero attached hydrogens (tertiary/aromatic N) is 2. The van der Waals surface area contributed by atoms with Crippen LogP contribution in [0.1, 0.15) is 32.3 Å². The lowest BCUT2D eigenvalue weighted by atomic mass is 9.95. The van der Waals surface area contributed by atoms with Gasteiger partial charge in [0.1, 0.15) is 17.2 Å². The van der Waals surface area contributed by atoms with Gasteiger partial charge in [-0.1, -0.05) is 41.1 Å². The van der Waals surface area contributed by atoms with Crippen LogP contribution in [0.15, 0.2) is 59.8 Å². The van der Waals surface area contributed by atoms with Crippen LogP contribution in [-0.2, 0) is 9.47 Å². The first kappa shape index (κ1) is 26.4. The second-order valence-electron chi connectivity index (χ2n) is 9.18. The summed E-state index contributed by atoms with van der Waals surface area (Å²) >= 11 is 6.31. The third-order valence-corrected chi connectivity index (χ3v) is 7.99. The molecular formula is C26H28ClN3O4S2. The van der Waals surface area contributed by atoms with Crippen LogP contribution in [0, 0.1) is 0 Å². The number of nitrogens with one attached hydrogen (secondary N) is 1. The van der Waals surface area contributed by atoms with Crippen molar-refractivity contribution in [1.29, 1.82) is 0 Å². The molecule has 1 aliphatic heterocycles. The lowest BCUT2D eigenvalue weighted by molar-refractivity contribution is 0.0582. The Balaban J connectivity index is 1.49. The normalized spacial score (nSPS) is 15.0. The molecule has 0 saturated carbocycles. The van der Waals surface area contributed by atoms with Gasteiger partial charge < -0.3 is 9.47 Å². The van der Waals surface area contributed by atoms with Crippen molar-refractivity contribution in [2.24, 2.45) is 0 Å². The molecule has 0 fully saturated rings. The molecule has 0 aliphatic carbocycles. The highest BCUT2D eigenvalue weighted by Crippen LogP contribution is 2.45. The maximum Gasteiger partial charge on any atom is 0.414 e. The molecule has 10 heteroatoms. The minimum atomic E-state index is -0.634. The summed E-state index contributed by atoms with van der Waals surface area (Å²) in [5.74, 6) is 0.927. The molecule has 0 saturated heterocycles. The molecule has 7 nitrogen and oxygen atoms in total. The summed E-state index contributed by atoms with van der Waals surface area (Å²) in [6.07, 6.45) is 0.745. The van der Waals surface area contributed by atoms with Gasteiger partial charge in [-0.2, -0.15) is 0 Å². The number of benzene rings is 2. The minimum absolute atomic E-state index is 0.0475. The highest BCUT2D eigenvalue weighted by molar-refractivity contribution is 8.76. The van der Waals surface area contributed by atoms with E-state index in [1.54, 1.807) is 28.0 Å². The third kappa shape index (κ3) is 6.38. The quantitative estimate of drug-likeness (QED) is 0.189. The maximum absolute atomic E-state index is 13.0. The Morgan fingerprint density at radius 2 is 1.92 bits per heavy atom. The van der Waals surface area contributed by atoms with Gasteiger partial charge in [0.2, 0.25) is 0 Å². The molecule has 1 aliphatic rings. The lowest BCUT2D eigenvalue weighted by Crippen LogP contribution is -2.36. The molecule has 1 unspecified atom stereocenters. The number of hydrogen-bond acceptors (Lipinski definition) is 7. The molecule has 3 aromatic rings. The summed E-state index contributed by atoms with van der Waals surface area (Å²) in [5, 5.41) is 5.56. The van der Waals surface area contributed by atoms with Crippen molar-refractivity contribution in [3.63, 3.8) is 0 Å². The summed E-state index contributed by atoms with van der Waals surface area (Å²) in [7, 11) is 3.10. The number of aromatic nitrogens is 1. The largest absolute Gasteiger partial charge is 0.448 e. The number of pyridine rings is 1. The van der Waals surface area contributed by atoms with Gasteiger partial charge >= 0.3 is 12.2 Å². The monoisotopic (exact) mass is 545 g/mol. The SMILES string of the molecule is CC(C)(C)OC(=O)N1CC(CCl)c2c1cc(NC(=O)OCCSSc1ccccn1)c1ccccc21. The molecule has 1 N–H and O–H groups in total. The molecular weight excluding hydrogens is 518 g/mol. The number of carbonyl (C=O) groups is 2. The van der Waals surface area contributed by atoms with Crippen molar-refractivity contribution in [3.05, 3.63) is 60.3 Å². The number of amides is 2. The number of hydrogen-bond donors (Lipinski definition) is 1. The van der Waals surface area contributed by atoms with E-state index in [-0.39, 0.29) is 12.5 Å². The van der Waals surface area contributed by atoms with Gasteiger partial charge in [0, 0.05) is 35.7 Å². The van der Waals surface area contributed by atoms with Gasteiger partial charge in [-0.25, -0.2) is 14.6 Å². The molecule has 0 spiro atoms. The Morgan fingerprint density at radius 1 is 1.17 bits per heavy atom. The summed E-state index contributed by atoms with van der Waals surface area (Å²) in [6, 6.07) is 15.3. The first-order valence-corrected chi connectivity index (χ1v) is 14.4. The second kappa shape index (κ2) is 11.6. The Kier molecular flexibility index (Phi) is 8.54. The summed E-state index contributed by atoms with van der Waals surface area (Å²) < 4.78 is 11.0. The fourth-order valence-electron chi connectivity index (χ4n) is 3.98. The molecule has 2 amide bonds. The van der Waals surface area contributed by atoms with Crippen LogP contribution in [0.5, 0.6) is 0 Å². The van der Waals surface area contributed by atoms with Crippen molar-refractivity contribution in [1.82, 2.24) is 4.98 Å². The van der Waals surface area contributed by atoms with Crippen LogP contribution in [0.25, 0.3) is 10.8 Å². The fraction of sp³-hybridized carbons (Fsp3) is 0.346. The average molecular weight is 546 g/mol. The molecule has 36 heavy (non-hydrogen) atoms. The van der Waals surface area contributed by atoms with E-state index in [2.05, 4.69) is 10.3 Å². The van der Waals surface area contributed by atoms with E-state index < -0.39 is 17.8 Å². The van der Waals surface area contributed by atoms with E-state index in [1.807, 2.05) is 63.2 Å². The highest BCUT2D eigenvalue weighted by atomic mass is 35.5. The molecule has 2 heterocycles. The molecule has 1 aromatic heterocycles. The Morgan fingerprint density at radius 3 is 2.61 bits per heavy atom. The van der Waals surface area contributed by atoms with Crippen molar-refractivity contribution in [3.8, 4) is 0 Å². The molecule has 1 atom stereocenters. The first-order valence-electron chi connectivity index (χ1n) is 11.5. The zero-order valence-electron chi connectivity index (χ0n) is 20.3. The maximum atomic E-state index is 13.0. The van der Waals surface area contributed by atoms with Gasteiger partial charge in [0.05, 0.1) is 11.4 Å². The molecule has 2 aromatic carbocycles. The molecule has 190 valence electrons. The topological polar surface area (TPSA) is 80.8 Å². The van der Waals surface area contributed by atoms with Crippen LogP contribution in [-0.4, -0.2) is 47.6 Å². The Bertz CT molecular complexity index is 1240. The van der Waals surface area contributed by atoms with Crippen LogP contribution in [0.3, 0.4) is 0 Å². The van der Waals surface area contributed by atoms with Crippen LogP contribution < -0.4 is 10.2 Å². The van der Waals surface area contributed by atoms with Crippen LogP contribution >= 0.6 is 33.2 Å². The summed E-state index contributed by atoms with van der Waals surface area (Å²) in [6.45, 7) is 6.15. The van der Waals surface area contributed by atoms with Crippen LogP contribution in [0.2, 0.25) is 0 Å². The summed E-state index contributed by atoms with van der Waals surface area (Å²) in [5.41, 5.74) is 1.60. The lowest BCUT2D eigenvalue weighted by Gasteiger charge is -2.25. The van der Waals surface area contributed by atoms with E-state index in [0.717, 1.165) is 21.4 Å². The molecule has 4 rings (SSSR count). The zero-order valence-corrected chi connectivity index (χ0v) is 22.7. The van der Waals surface area contributed by atoms with E-state index in [1.165, 1.54) is 10.8 Å². The van der Waals surface area contributed by atoms with E-state index in [9.17, 15) is 9.59 Å². The number of alkyl halides is 1. The Hall–Kier alpha value is -2.62. The second-order valence-corrected chi connectivity index (χ2v) is 11.9. The zero-order chi connectivity index (χ0) is 25.7. The third-order valence-electron chi connectivity index (χ3n) is 5.39. The standard InChI is InChI=1S/C26H28ClN3O4S2/c1-26(2,3)34-25(32)30-16-17(15-27)23-19-9-5-4-8-18(19)20(14-21(23)30)29-24(31)33-12-13-35-36-22-10-6-7-11-28-22/h4-11,14,17H,12-13,15-16H2,1-3H3,(H,29,31). The van der Waals surface area contributed by atoms with E-state index in [0.29, 0.717) is 29.6 Å². The van der Waals surface area contributed by atoms with Gasteiger partial charge in [0.15, 0.2) is 0 Å². The van der Waals surface area contributed by atoms with Crippen LogP contribution in [0.4, 0.5) is 21.0 Å². The van der Waals surface area contributed by atoms with Crippen molar-refractivity contribution >= 4 is 67.5 Å². The number of ether oxygens (including phenoxy) is 2. The smallest absolute Gasteiger partial charge is 0.414 e. The van der Waals surface area contributed by atoms with Gasteiger partial charge in [0.25, 0.3) is 0 Å². The predicted octanol–water partition coefficient (Wildman–Crippen LogP) is 7.30.